The molecule has 2 aromatic carbocycles. The van der Waals surface area contributed by atoms with Crippen LogP contribution < -0.4 is 14.2 Å². The Morgan fingerprint density at radius 3 is 2.25 bits per heavy atom. The van der Waals surface area contributed by atoms with Gasteiger partial charge in [0.2, 0.25) is 5.75 Å². The van der Waals surface area contributed by atoms with Crippen LogP contribution in [0.3, 0.4) is 0 Å². The van der Waals surface area contributed by atoms with Crippen molar-refractivity contribution in [1.82, 2.24) is 4.90 Å². The van der Waals surface area contributed by atoms with Crippen molar-refractivity contribution in [2.24, 2.45) is 5.92 Å². The van der Waals surface area contributed by atoms with Crippen LogP contribution in [0.1, 0.15) is 36.3 Å². The molecule has 1 aliphatic heterocycles. The van der Waals surface area contributed by atoms with Crippen LogP contribution in [-0.4, -0.2) is 38.8 Å². The zero-order valence-corrected chi connectivity index (χ0v) is 16.8. The number of rotatable bonds is 6. The summed E-state index contributed by atoms with van der Waals surface area (Å²) in [7, 11) is 4.96. The van der Waals surface area contributed by atoms with E-state index in [1.54, 1.807) is 33.5 Å². The van der Waals surface area contributed by atoms with Gasteiger partial charge in [0, 0.05) is 25.0 Å². The molecule has 0 aromatic heterocycles. The van der Waals surface area contributed by atoms with Crippen LogP contribution in [0.25, 0.3) is 0 Å². The third-order valence-electron chi connectivity index (χ3n) is 6.36. The fraction of sp³-hybridized carbons (Fsp3) is 0.478. The third-order valence-corrected chi connectivity index (χ3v) is 6.36. The molecule has 3 atom stereocenters. The minimum atomic E-state index is -0.181. The minimum absolute atomic E-state index is 0.181. The van der Waals surface area contributed by atoms with Crippen molar-refractivity contribution < 1.29 is 18.6 Å². The highest BCUT2D eigenvalue weighted by Gasteiger charge is 2.45. The highest BCUT2D eigenvalue weighted by molar-refractivity contribution is 5.55. The fourth-order valence-electron chi connectivity index (χ4n) is 5.09. The SMILES string of the molecule is COc1cc([C@@H]2CN(Cc3ccc(F)cc3)[C@H]3CCC[C@H]23)cc(OC)c1OC. The molecule has 4 nitrogen and oxygen atoms in total. The number of halogens is 1. The average Bonchev–Trinajstić information content (AvgIpc) is 3.32. The van der Waals surface area contributed by atoms with Crippen molar-refractivity contribution in [3.05, 3.63) is 53.3 Å². The molecule has 0 radical (unpaired) electrons. The number of ether oxygens (including phenoxy) is 3. The molecule has 1 heterocycles. The van der Waals surface area contributed by atoms with Gasteiger partial charge < -0.3 is 14.2 Å². The van der Waals surface area contributed by atoms with Crippen molar-refractivity contribution >= 4 is 0 Å². The Morgan fingerprint density at radius 1 is 0.964 bits per heavy atom. The van der Waals surface area contributed by atoms with Crippen LogP contribution in [0, 0.1) is 11.7 Å². The molecule has 1 aliphatic carbocycles. The van der Waals surface area contributed by atoms with Crippen molar-refractivity contribution in [2.45, 2.75) is 37.8 Å². The maximum atomic E-state index is 13.3. The Labute approximate surface area is 166 Å². The first-order chi connectivity index (χ1) is 13.6. The molecule has 1 saturated heterocycles. The highest BCUT2D eigenvalue weighted by atomic mass is 19.1. The van der Waals surface area contributed by atoms with Gasteiger partial charge in [-0.1, -0.05) is 18.6 Å². The van der Waals surface area contributed by atoms with Crippen molar-refractivity contribution in [1.29, 1.82) is 0 Å². The number of benzene rings is 2. The predicted molar refractivity (Wildman–Crippen MR) is 107 cm³/mol. The van der Waals surface area contributed by atoms with Crippen molar-refractivity contribution in [2.75, 3.05) is 27.9 Å². The Kier molecular flexibility index (Phi) is 5.44. The van der Waals surface area contributed by atoms with Gasteiger partial charge in [-0.15, -0.1) is 0 Å². The highest BCUT2D eigenvalue weighted by Crippen LogP contribution is 2.49. The summed E-state index contributed by atoms with van der Waals surface area (Å²) in [6.07, 6.45) is 3.73. The minimum Gasteiger partial charge on any atom is -0.493 e. The molecular formula is C23H28FNO3. The maximum absolute atomic E-state index is 13.3. The van der Waals surface area contributed by atoms with E-state index in [4.69, 9.17) is 14.2 Å². The molecule has 2 fully saturated rings. The monoisotopic (exact) mass is 385 g/mol. The molecule has 0 N–H and O–H groups in total. The summed E-state index contributed by atoms with van der Waals surface area (Å²) < 4.78 is 29.9. The van der Waals surface area contributed by atoms with Crippen LogP contribution in [0.5, 0.6) is 17.2 Å². The first-order valence-corrected chi connectivity index (χ1v) is 9.93. The molecule has 0 unspecified atom stereocenters. The zero-order valence-electron chi connectivity index (χ0n) is 16.8. The van der Waals surface area contributed by atoms with Crippen LogP contribution in [0.4, 0.5) is 4.39 Å². The van der Waals surface area contributed by atoms with Crippen molar-refractivity contribution in [3.8, 4) is 17.2 Å². The van der Waals surface area contributed by atoms with E-state index in [-0.39, 0.29) is 5.82 Å². The number of hydrogen-bond acceptors (Lipinski definition) is 4. The van der Waals surface area contributed by atoms with Crippen LogP contribution in [0.2, 0.25) is 0 Å². The third kappa shape index (κ3) is 3.44. The van der Waals surface area contributed by atoms with Gasteiger partial charge in [0.1, 0.15) is 5.82 Å². The molecule has 150 valence electrons. The maximum Gasteiger partial charge on any atom is 0.203 e. The first kappa shape index (κ1) is 19.1. The van der Waals surface area contributed by atoms with E-state index in [1.807, 2.05) is 12.1 Å². The van der Waals surface area contributed by atoms with E-state index in [2.05, 4.69) is 17.0 Å². The fourth-order valence-corrected chi connectivity index (χ4v) is 5.09. The van der Waals surface area contributed by atoms with Crippen LogP contribution >= 0.6 is 0 Å². The second-order valence-electron chi connectivity index (χ2n) is 7.78. The quantitative estimate of drug-likeness (QED) is 0.726. The van der Waals surface area contributed by atoms with Gasteiger partial charge in [-0.05, 0) is 54.2 Å². The van der Waals surface area contributed by atoms with E-state index < -0.39 is 0 Å². The van der Waals surface area contributed by atoms with E-state index in [1.165, 1.54) is 24.8 Å². The first-order valence-electron chi connectivity index (χ1n) is 9.93. The molecular weight excluding hydrogens is 357 g/mol. The standard InChI is InChI=1S/C23H28FNO3/c1-26-21-11-16(12-22(27-2)23(21)28-3)19-14-25(20-6-4-5-18(19)20)13-15-7-9-17(24)10-8-15/h7-12,18-20H,4-6,13-14H2,1-3H3/t18-,19+,20+/m1/s1. The van der Waals surface area contributed by atoms with Gasteiger partial charge in [-0.25, -0.2) is 4.39 Å². The largest absolute Gasteiger partial charge is 0.493 e. The summed E-state index contributed by atoms with van der Waals surface area (Å²) in [5.74, 6) is 2.94. The van der Waals surface area contributed by atoms with Gasteiger partial charge in [0.05, 0.1) is 21.3 Å². The number of nitrogens with zero attached hydrogens (tertiary/aromatic N) is 1. The number of hydrogen-bond donors (Lipinski definition) is 0. The molecule has 0 bridgehead atoms. The van der Waals surface area contributed by atoms with Gasteiger partial charge in [-0.3, -0.25) is 4.90 Å². The molecule has 28 heavy (non-hydrogen) atoms. The lowest BCUT2D eigenvalue weighted by Crippen LogP contribution is -2.29. The van der Waals surface area contributed by atoms with Gasteiger partial charge in [0.25, 0.3) is 0 Å². The Balaban J connectivity index is 1.62. The smallest absolute Gasteiger partial charge is 0.203 e. The van der Waals surface area contributed by atoms with Crippen LogP contribution in [-0.2, 0) is 6.54 Å². The molecule has 0 spiro atoms. The Bertz CT molecular complexity index is 798. The molecule has 5 heteroatoms. The number of likely N-dealkylation sites (tertiary alicyclic amines) is 1. The van der Waals surface area contributed by atoms with E-state index in [9.17, 15) is 4.39 Å². The van der Waals surface area contributed by atoms with Gasteiger partial charge in [-0.2, -0.15) is 0 Å². The summed E-state index contributed by atoms with van der Waals surface area (Å²) in [6.45, 7) is 1.85. The second-order valence-corrected chi connectivity index (χ2v) is 7.78. The lowest BCUT2D eigenvalue weighted by atomic mass is 9.86. The Hall–Kier alpha value is -2.27. The average molecular weight is 385 g/mol. The number of methoxy groups -OCH3 is 3. The normalized spacial score (nSPS) is 24.2. The lowest BCUT2D eigenvalue weighted by Gasteiger charge is -2.23. The number of fused-ring (bicyclic) bond motifs is 1. The summed E-state index contributed by atoms with van der Waals surface area (Å²) >= 11 is 0. The van der Waals surface area contributed by atoms with Gasteiger partial charge >= 0.3 is 0 Å². The molecule has 0 amide bonds. The summed E-state index contributed by atoms with van der Waals surface area (Å²) in [5.41, 5.74) is 2.41. The summed E-state index contributed by atoms with van der Waals surface area (Å²) in [5, 5.41) is 0. The van der Waals surface area contributed by atoms with E-state index >= 15 is 0 Å². The lowest BCUT2D eigenvalue weighted by molar-refractivity contribution is 0.232. The molecule has 4 rings (SSSR count). The summed E-state index contributed by atoms with van der Waals surface area (Å²) in [6, 6.07) is 11.7. The Morgan fingerprint density at radius 2 is 1.64 bits per heavy atom. The van der Waals surface area contributed by atoms with E-state index in [0.29, 0.717) is 35.1 Å². The zero-order chi connectivity index (χ0) is 19.7. The molecule has 2 aliphatic rings. The molecule has 1 saturated carbocycles. The van der Waals surface area contributed by atoms with Gasteiger partial charge in [0.15, 0.2) is 11.5 Å². The van der Waals surface area contributed by atoms with E-state index in [0.717, 1.165) is 18.7 Å². The second kappa shape index (κ2) is 8.00. The summed E-state index contributed by atoms with van der Waals surface area (Å²) in [4.78, 5) is 2.57. The van der Waals surface area contributed by atoms with Crippen molar-refractivity contribution in [3.63, 3.8) is 0 Å². The predicted octanol–water partition coefficient (Wildman–Crippen LogP) is 4.62. The molecule has 2 aromatic rings. The topological polar surface area (TPSA) is 30.9 Å². The van der Waals surface area contributed by atoms with Crippen LogP contribution in [0.15, 0.2) is 36.4 Å².